The molecule has 2 heterocycles. The van der Waals surface area contributed by atoms with Crippen molar-refractivity contribution in [2.75, 3.05) is 12.4 Å². The molecule has 4 rings (SSSR count). The number of carbonyl (C=O) groups excluding carboxylic acids is 1. The van der Waals surface area contributed by atoms with Gasteiger partial charge in [0.15, 0.2) is 5.82 Å². The van der Waals surface area contributed by atoms with Crippen LogP contribution in [-0.4, -0.2) is 28.2 Å². The Morgan fingerprint density at radius 1 is 1.39 bits per heavy atom. The second-order valence-corrected chi connectivity index (χ2v) is 6.69. The summed E-state index contributed by atoms with van der Waals surface area (Å²) in [7, 11) is 1.48. The number of aromatic amines is 1. The van der Waals surface area contributed by atoms with Gasteiger partial charge in [-0.15, -0.1) is 0 Å². The highest BCUT2D eigenvalue weighted by Gasteiger charge is 2.18. The van der Waals surface area contributed by atoms with Crippen LogP contribution in [0.2, 0.25) is 0 Å². The van der Waals surface area contributed by atoms with Crippen LogP contribution in [0.5, 0.6) is 5.75 Å². The molecule has 142 valence electrons. The van der Waals surface area contributed by atoms with Crippen LogP contribution in [0.1, 0.15) is 13.3 Å². The molecule has 1 aliphatic carbocycles. The summed E-state index contributed by atoms with van der Waals surface area (Å²) in [4.78, 5) is 16.9. The van der Waals surface area contributed by atoms with Crippen LogP contribution >= 0.6 is 0 Å². The maximum atomic E-state index is 14.4. The van der Waals surface area contributed by atoms with Gasteiger partial charge in [-0.25, -0.2) is 4.39 Å². The Morgan fingerprint density at radius 2 is 2.25 bits per heavy atom. The number of hydrogen-bond acceptors (Lipinski definition) is 4. The summed E-state index contributed by atoms with van der Waals surface area (Å²) in [5.41, 5.74) is 1.89. The molecule has 0 saturated heterocycles. The number of aromatic nitrogens is 3. The van der Waals surface area contributed by atoms with E-state index < -0.39 is 5.82 Å². The van der Waals surface area contributed by atoms with E-state index in [-0.39, 0.29) is 11.5 Å². The Morgan fingerprint density at radius 3 is 3.00 bits per heavy atom. The predicted octanol–water partition coefficient (Wildman–Crippen LogP) is 4.23. The van der Waals surface area contributed by atoms with Gasteiger partial charge in [-0.05, 0) is 30.5 Å². The lowest BCUT2D eigenvalue weighted by atomic mass is 9.98. The molecule has 0 aliphatic heterocycles. The lowest BCUT2D eigenvalue weighted by molar-refractivity contribution is -0.112. The molecule has 1 unspecified atom stereocenters. The number of pyridine rings is 1. The molecular weight excluding hydrogens is 359 g/mol. The number of nitrogens with zero attached hydrogens (tertiary/aromatic N) is 2. The molecule has 1 amide bonds. The Balaban J connectivity index is 1.70. The molecule has 2 aromatic heterocycles. The van der Waals surface area contributed by atoms with Gasteiger partial charge >= 0.3 is 0 Å². The van der Waals surface area contributed by atoms with Gasteiger partial charge in [0.1, 0.15) is 11.6 Å². The number of methoxy groups -OCH3 is 1. The van der Waals surface area contributed by atoms with Crippen LogP contribution < -0.4 is 10.1 Å². The van der Waals surface area contributed by atoms with Crippen molar-refractivity contribution in [3.63, 3.8) is 0 Å². The number of amides is 1. The van der Waals surface area contributed by atoms with Crippen LogP contribution in [0, 0.1) is 11.7 Å². The summed E-state index contributed by atoms with van der Waals surface area (Å²) in [6, 6.07) is 6.28. The molecule has 0 radical (unpaired) electrons. The molecule has 0 fully saturated rings. The van der Waals surface area contributed by atoms with Crippen LogP contribution in [0.3, 0.4) is 0 Å². The van der Waals surface area contributed by atoms with Crippen molar-refractivity contribution in [3.8, 4) is 17.0 Å². The number of benzene rings is 1. The maximum Gasteiger partial charge on any atom is 0.256 e. The minimum Gasteiger partial charge on any atom is -0.496 e. The number of fused-ring (bicyclic) bond motifs is 1. The zero-order chi connectivity index (χ0) is 19.7. The standard InChI is InChI=1S/C21H19FN4O2/c1-12-6-8-13(9-7-12)21(27)24-20-14-10-16(23-11-17(14)25-26-20)19-15(22)4-3-5-18(19)28-2/h3-6,8-12H,7H2,1-2H3,(H2,24,25,26,27). The molecule has 6 nitrogen and oxygen atoms in total. The van der Waals surface area contributed by atoms with Crippen molar-refractivity contribution in [3.05, 3.63) is 60.1 Å². The van der Waals surface area contributed by atoms with Gasteiger partial charge in [-0.3, -0.25) is 14.9 Å². The molecule has 2 N–H and O–H groups in total. The molecule has 1 aromatic carbocycles. The highest BCUT2D eigenvalue weighted by atomic mass is 19.1. The summed E-state index contributed by atoms with van der Waals surface area (Å²) in [5.74, 6) is 0.497. The first-order valence-corrected chi connectivity index (χ1v) is 8.93. The molecule has 0 saturated carbocycles. The van der Waals surface area contributed by atoms with E-state index in [1.165, 1.54) is 13.2 Å². The zero-order valence-electron chi connectivity index (χ0n) is 15.5. The highest BCUT2D eigenvalue weighted by Crippen LogP contribution is 2.33. The quantitative estimate of drug-likeness (QED) is 0.712. The summed E-state index contributed by atoms with van der Waals surface area (Å²) in [6.07, 6.45) is 8.11. The van der Waals surface area contributed by atoms with Gasteiger partial charge < -0.3 is 10.1 Å². The average molecular weight is 378 g/mol. The second kappa shape index (κ2) is 7.26. The summed E-state index contributed by atoms with van der Waals surface area (Å²) in [5, 5.41) is 10.5. The van der Waals surface area contributed by atoms with E-state index in [0.29, 0.717) is 39.7 Å². The van der Waals surface area contributed by atoms with Crippen LogP contribution in [-0.2, 0) is 4.79 Å². The maximum absolute atomic E-state index is 14.4. The molecule has 3 aromatic rings. The molecule has 28 heavy (non-hydrogen) atoms. The van der Waals surface area contributed by atoms with Gasteiger partial charge in [0.25, 0.3) is 5.91 Å². The van der Waals surface area contributed by atoms with E-state index in [1.807, 2.05) is 18.2 Å². The number of anilines is 1. The van der Waals surface area contributed by atoms with E-state index in [2.05, 4.69) is 27.4 Å². The van der Waals surface area contributed by atoms with Crippen molar-refractivity contribution >= 4 is 22.6 Å². The number of halogens is 1. The van der Waals surface area contributed by atoms with Crippen molar-refractivity contribution < 1.29 is 13.9 Å². The number of ether oxygens (including phenoxy) is 1. The molecule has 7 heteroatoms. The fourth-order valence-corrected chi connectivity index (χ4v) is 3.15. The topological polar surface area (TPSA) is 79.9 Å². The van der Waals surface area contributed by atoms with Gasteiger partial charge in [0, 0.05) is 11.0 Å². The SMILES string of the molecule is COc1cccc(F)c1-c1cc2c(NC(=O)C3=CCC(C)C=C3)n[nH]c2cn1. The average Bonchev–Trinajstić information content (AvgIpc) is 3.10. The van der Waals surface area contributed by atoms with E-state index in [9.17, 15) is 9.18 Å². The Labute approximate surface area is 161 Å². The van der Waals surface area contributed by atoms with E-state index in [0.717, 1.165) is 6.42 Å². The summed E-state index contributed by atoms with van der Waals surface area (Å²) < 4.78 is 19.7. The van der Waals surface area contributed by atoms with E-state index >= 15 is 0 Å². The fourth-order valence-electron chi connectivity index (χ4n) is 3.15. The number of H-pyrrole nitrogens is 1. The van der Waals surface area contributed by atoms with Crippen LogP contribution in [0.25, 0.3) is 22.2 Å². The predicted molar refractivity (Wildman–Crippen MR) is 105 cm³/mol. The monoisotopic (exact) mass is 378 g/mol. The number of rotatable bonds is 4. The van der Waals surface area contributed by atoms with Gasteiger partial charge in [-0.1, -0.05) is 31.2 Å². The van der Waals surface area contributed by atoms with Crippen LogP contribution in [0.4, 0.5) is 10.2 Å². The van der Waals surface area contributed by atoms with Crippen molar-refractivity contribution in [1.82, 2.24) is 15.2 Å². The van der Waals surface area contributed by atoms with E-state index in [4.69, 9.17) is 4.74 Å². The number of hydrogen-bond donors (Lipinski definition) is 2. The Hall–Kier alpha value is -3.48. The molecule has 0 bridgehead atoms. The van der Waals surface area contributed by atoms with Gasteiger partial charge in [-0.2, -0.15) is 5.10 Å². The molecule has 1 atom stereocenters. The van der Waals surface area contributed by atoms with Crippen molar-refractivity contribution in [1.29, 1.82) is 0 Å². The smallest absolute Gasteiger partial charge is 0.256 e. The summed E-state index contributed by atoms with van der Waals surface area (Å²) in [6.45, 7) is 2.09. The highest BCUT2D eigenvalue weighted by molar-refractivity contribution is 6.09. The minimum absolute atomic E-state index is 0.238. The van der Waals surface area contributed by atoms with Crippen LogP contribution in [0.15, 0.2) is 54.3 Å². The number of allylic oxidation sites excluding steroid dienone is 2. The van der Waals surface area contributed by atoms with Gasteiger partial charge in [0.2, 0.25) is 0 Å². The molecule has 0 spiro atoms. The number of nitrogens with one attached hydrogen (secondary N) is 2. The van der Waals surface area contributed by atoms with Gasteiger partial charge in [0.05, 0.1) is 30.1 Å². The third-order valence-corrected chi connectivity index (χ3v) is 4.71. The first-order valence-electron chi connectivity index (χ1n) is 8.93. The van der Waals surface area contributed by atoms with Crippen molar-refractivity contribution in [2.45, 2.75) is 13.3 Å². The van der Waals surface area contributed by atoms with E-state index in [1.54, 1.807) is 24.4 Å². The third kappa shape index (κ3) is 3.26. The first-order chi connectivity index (χ1) is 13.6. The van der Waals surface area contributed by atoms with Crippen molar-refractivity contribution in [2.24, 2.45) is 5.92 Å². The lowest BCUT2D eigenvalue weighted by Crippen LogP contribution is -2.15. The summed E-state index contributed by atoms with van der Waals surface area (Å²) >= 11 is 0. The molecule has 1 aliphatic rings. The normalized spacial score (nSPS) is 16.1. The molecular formula is C21H19FN4O2. The fraction of sp³-hybridized carbons (Fsp3) is 0.190. The lowest BCUT2D eigenvalue weighted by Gasteiger charge is -2.11. The minimum atomic E-state index is -0.438. The largest absolute Gasteiger partial charge is 0.496 e. The Kier molecular flexibility index (Phi) is 4.65. The second-order valence-electron chi connectivity index (χ2n) is 6.69. The number of carbonyl (C=O) groups is 1. The first kappa shape index (κ1) is 17.9. The zero-order valence-corrected chi connectivity index (χ0v) is 15.5. The Bertz CT molecular complexity index is 1120. The third-order valence-electron chi connectivity index (χ3n) is 4.71.